The molecule has 0 fully saturated rings. The highest BCUT2D eigenvalue weighted by atomic mass is 35.5. The van der Waals surface area contributed by atoms with Crippen molar-refractivity contribution >= 4 is 38.9 Å². The lowest BCUT2D eigenvalue weighted by atomic mass is 10.3. The van der Waals surface area contributed by atoms with Crippen LogP contribution in [-0.4, -0.2) is 22.6 Å². The topological polar surface area (TPSA) is 46.6 Å². The second-order valence-electron chi connectivity index (χ2n) is 4.25. The molecule has 0 aromatic heterocycles. The lowest BCUT2D eigenvalue weighted by Crippen LogP contribution is -2.26. The molecule has 2 rings (SSSR count). The molecule has 0 aliphatic heterocycles. The van der Waals surface area contributed by atoms with Crippen LogP contribution in [0.1, 0.15) is 0 Å². The Bertz CT molecular complexity index is 745. The number of rotatable bonds is 4. The van der Waals surface area contributed by atoms with Crippen LogP contribution < -0.4 is 9.04 Å². The minimum Gasteiger partial charge on any atom is -0.495 e. The standard InChI is InChI=1S/C14H13Cl2NO3S/c1-17(11-5-3-10(15)4-6-11)21(18,19)12-7-8-14(20-2)13(16)9-12/h3-9H,1-2H3. The molecule has 2 aromatic carbocycles. The average molecular weight is 346 g/mol. The maximum atomic E-state index is 12.6. The fourth-order valence-electron chi connectivity index (χ4n) is 1.76. The van der Waals surface area contributed by atoms with E-state index in [4.69, 9.17) is 27.9 Å². The van der Waals surface area contributed by atoms with Gasteiger partial charge in [0.15, 0.2) is 0 Å². The van der Waals surface area contributed by atoms with Crippen LogP contribution in [0.25, 0.3) is 0 Å². The first-order chi connectivity index (χ1) is 9.86. The van der Waals surface area contributed by atoms with Crippen molar-refractivity contribution in [3.05, 3.63) is 52.5 Å². The predicted molar refractivity (Wildman–Crippen MR) is 85.0 cm³/mol. The van der Waals surface area contributed by atoms with E-state index in [1.165, 1.54) is 36.7 Å². The van der Waals surface area contributed by atoms with Crippen LogP contribution in [0.4, 0.5) is 5.69 Å². The summed E-state index contributed by atoms with van der Waals surface area (Å²) < 4.78 is 31.3. The molecule has 0 saturated heterocycles. The largest absolute Gasteiger partial charge is 0.495 e. The molecule has 21 heavy (non-hydrogen) atoms. The first-order valence-corrected chi connectivity index (χ1v) is 8.14. The normalized spacial score (nSPS) is 11.2. The smallest absolute Gasteiger partial charge is 0.264 e. The number of hydrogen-bond donors (Lipinski definition) is 0. The predicted octanol–water partition coefficient (Wildman–Crippen LogP) is 3.83. The van der Waals surface area contributed by atoms with Crippen LogP contribution in [0.3, 0.4) is 0 Å². The van der Waals surface area contributed by atoms with Gasteiger partial charge in [-0.2, -0.15) is 0 Å². The Balaban J connectivity index is 2.41. The molecular weight excluding hydrogens is 333 g/mol. The summed E-state index contributed by atoms with van der Waals surface area (Å²) in [7, 11) is -0.766. The number of sulfonamides is 1. The van der Waals surface area contributed by atoms with Gasteiger partial charge in [-0.3, -0.25) is 4.31 Å². The Morgan fingerprint density at radius 1 is 1.05 bits per heavy atom. The summed E-state index contributed by atoms with van der Waals surface area (Å²) in [5.74, 6) is 0.421. The molecule has 0 N–H and O–H groups in total. The minimum absolute atomic E-state index is 0.0887. The van der Waals surface area contributed by atoms with Gasteiger partial charge in [-0.1, -0.05) is 23.2 Å². The van der Waals surface area contributed by atoms with Gasteiger partial charge in [-0.15, -0.1) is 0 Å². The molecule has 2 aromatic rings. The number of nitrogens with zero attached hydrogens (tertiary/aromatic N) is 1. The molecule has 0 radical (unpaired) electrons. The number of ether oxygens (including phenoxy) is 1. The van der Waals surface area contributed by atoms with Crippen LogP contribution >= 0.6 is 23.2 Å². The summed E-state index contributed by atoms with van der Waals surface area (Å²) in [5.41, 5.74) is 0.506. The van der Waals surface area contributed by atoms with Crippen LogP contribution in [0.15, 0.2) is 47.4 Å². The first kappa shape index (κ1) is 15.9. The summed E-state index contributed by atoms with van der Waals surface area (Å²) in [6, 6.07) is 10.9. The van der Waals surface area contributed by atoms with Gasteiger partial charge in [-0.25, -0.2) is 8.42 Å². The van der Waals surface area contributed by atoms with Crippen molar-refractivity contribution < 1.29 is 13.2 Å². The van der Waals surface area contributed by atoms with Gasteiger partial charge < -0.3 is 4.74 Å². The van der Waals surface area contributed by atoms with E-state index < -0.39 is 10.0 Å². The molecule has 0 atom stereocenters. The van der Waals surface area contributed by atoms with Crippen LogP contribution in [0.2, 0.25) is 10.0 Å². The SMILES string of the molecule is COc1ccc(S(=O)(=O)N(C)c2ccc(Cl)cc2)cc1Cl. The Kier molecular flexibility index (Phi) is 4.66. The van der Waals surface area contributed by atoms with Crippen molar-refractivity contribution in [3.8, 4) is 5.75 Å². The number of anilines is 1. The van der Waals surface area contributed by atoms with E-state index in [0.717, 1.165) is 0 Å². The van der Waals surface area contributed by atoms with Gasteiger partial charge in [-0.05, 0) is 42.5 Å². The van der Waals surface area contributed by atoms with E-state index in [2.05, 4.69) is 0 Å². The van der Waals surface area contributed by atoms with Gasteiger partial charge >= 0.3 is 0 Å². The van der Waals surface area contributed by atoms with Crippen molar-refractivity contribution in [1.29, 1.82) is 0 Å². The minimum atomic E-state index is -3.70. The summed E-state index contributed by atoms with van der Waals surface area (Å²) in [4.78, 5) is 0.0887. The third kappa shape index (κ3) is 3.26. The van der Waals surface area contributed by atoms with Gasteiger partial charge in [0.25, 0.3) is 10.0 Å². The van der Waals surface area contributed by atoms with Crippen LogP contribution in [-0.2, 0) is 10.0 Å². The second-order valence-corrected chi connectivity index (χ2v) is 7.06. The molecule has 0 amide bonds. The summed E-state index contributed by atoms with van der Waals surface area (Å²) >= 11 is 11.8. The lowest BCUT2D eigenvalue weighted by Gasteiger charge is -2.20. The van der Waals surface area contributed by atoms with Crippen LogP contribution in [0.5, 0.6) is 5.75 Å². The monoisotopic (exact) mass is 345 g/mol. The first-order valence-electron chi connectivity index (χ1n) is 5.94. The Morgan fingerprint density at radius 3 is 2.19 bits per heavy atom. The molecule has 7 heteroatoms. The summed E-state index contributed by atoms with van der Waals surface area (Å²) in [6.45, 7) is 0. The fourth-order valence-corrected chi connectivity index (χ4v) is 3.43. The number of benzene rings is 2. The van der Waals surface area contributed by atoms with Crippen LogP contribution in [0, 0.1) is 0 Å². The third-order valence-corrected chi connectivity index (χ3v) is 5.30. The molecule has 4 nitrogen and oxygen atoms in total. The molecule has 0 aliphatic rings. The van der Waals surface area contributed by atoms with Gasteiger partial charge in [0.2, 0.25) is 0 Å². The van der Waals surface area contributed by atoms with E-state index in [1.807, 2.05) is 0 Å². The van der Waals surface area contributed by atoms with Crippen molar-refractivity contribution in [2.45, 2.75) is 4.90 Å². The molecule has 0 heterocycles. The summed E-state index contributed by atoms with van der Waals surface area (Å²) in [5, 5.41) is 0.778. The second kappa shape index (κ2) is 6.13. The molecule has 0 spiro atoms. The zero-order valence-electron chi connectivity index (χ0n) is 11.4. The average Bonchev–Trinajstić information content (AvgIpc) is 2.47. The maximum absolute atomic E-state index is 12.6. The Hall–Kier alpha value is -1.43. The van der Waals surface area contributed by atoms with E-state index >= 15 is 0 Å². The van der Waals surface area contributed by atoms with Gasteiger partial charge in [0, 0.05) is 12.1 Å². The van der Waals surface area contributed by atoms with E-state index in [9.17, 15) is 8.42 Å². The van der Waals surface area contributed by atoms with Crippen molar-refractivity contribution in [2.24, 2.45) is 0 Å². The maximum Gasteiger partial charge on any atom is 0.264 e. The Labute approximate surface area is 133 Å². The zero-order valence-corrected chi connectivity index (χ0v) is 13.7. The fraction of sp³-hybridized carbons (Fsp3) is 0.143. The number of methoxy groups -OCH3 is 1. The lowest BCUT2D eigenvalue weighted by molar-refractivity contribution is 0.414. The van der Waals surface area contributed by atoms with E-state index in [1.54, 1.807) is 24.3 Å². The molecule has 0 unspecified atom stereocenters. The molecule has 0 saturated carbocycles. The zero-order chi connectivity index (χ0) is 15.6. The van der Waals surface area contributed by atoms with E-state index in [0.29, 0.717) is 16.5 Å². The summed E-state index contributed by atoms with van der Waals surface area (Å²) in [6.07, 6.45) is 0. The van der Waals surface area contributed by atoms with Gasteiger partial charge in [0.1, 0.15) is 5.75 Å². The Morgan fingerprint density at radius 2 is 1.67 bits per heavy atom. The molecule has 0 aliphatic carbocycles. The van der Waals surface area contributed by atoms with E-state index in [-0.39, 0.29) is 9.92 Å². The highest BCUT2D eigenvalue weighted by Crippen LogP contribution is 2.29. The van der Waals surface area contributed by atoms with Gasteiger partial charge in [0.05, 0.1) is 22.7 Å². The highest BCUT2D eigenvalue weighted by molar-refractivity contribution is 7.92. The van der Waals surface area contributed by atoms with Crippen molar-refractivity contribution in [2.75, 3.05) is 18.5 Å². The molecule has 0 bridgehead atoms. The highest BCUT2D eigenvalue weighted by Gasteiger charge is 2.22. The molecule has 112 valence electrons. The molecular formula is C14H13Cl2NO3S. The van der Waals surface area contributed by atoms with Crippen molar-refractivity contribution in [1.82, 2.24) is 0 Å². The third-order valence-electron chi connectivity index (χ3n) is 2.97. The number of hydrogen-bond acceptors (Lipinski definition) is 3. The quantitative estimate of drug-likeness (QED) is 0.845. The van der Waals surface area contributed by atoms with Crippen molar-refractivity contribution in [3.63, 3.8) is 0 Å². The number of halogens is 2.